The molecule has 0 atom stereocenters. The lowest BCUT2D eigenvalue weighted by molar-refractivity contribution is 1.07. The van der Waals surface area contributed by atoms with E-state index in [1.165, 1.54) is 0 Å². The van der Waals surface area contributed by atoms with E-state index >= 15 is 0 Å². The zero-order valence-corrected chi connectivity index (χ0v) is 7.35. The van der Waals surface area contributed by atoms with Gasteiger partial charge in [-0.25, -0.2) is 4.98 Å². The summed E-state index contributed by atoms with van der Waals surface area (Å²) in [5, 5.41) is 11.2. The summed E-state index contributed by atoms with van der Waals surface area (Å²) in [6.07, 6.45) is 0.407. The third-order valence-corrected chi connectivity index (χ3v) is 2.24. The molecule has 4 heteroatoms. The fraction of sp³-hybridized carbons (Fsp3) is 0.429. The molecule has 11 heavy (non-hydrogen) atoms. The van der Waals surface area contributed by atoms with Crippen molar-refractivity contribution >= 4 is 16.5 Å². The summed E-state index contributed by atoms with van der Waals surface area (Å²) in [6.45, 7) is 0. The van der Waals surface area contributed by atoms with Crippen molar-refractivity contribution in [2.45, 2.75) is 6.42 Å². The van der Waals surface area contributed by atoms with Crippen molar-refractivity contribution in [1.29, 1.82) is 5.26 Å². The lowest BCUT2D eigenvalue weighted by atomic mass is 10.4. The molecule has 0 fully saturated rings. The van der Waals surface area contributed by atoms with Crippen molar-refractivity contribution in [3.63, 3.8) is 0 Å². The first-order chi connectivity index (χ1) is 5.24. The second-order valence-corrected chi connectivity index (χ2v) is 3.19. The van der Waals surface area contributed by atoms with Gasteiger partial charge in [0.15, 0.2) is 5.13 Å². The molecular weight excluding hydrogens is 158 g/mol. The van der Waals surface area contributed by atoms with Crippen LogP contribution in [-0.2, 0) is 6.42 Å². The third kappa shape index (κ3) is 1.92. The molecule has 0 bridgehead atoms. The van der Waals surface area contributed by atoms with Gasteiger partial charge in [0.1, 0.15) is 0 Å². The minimum Gasteiger partial charge on any atom is -0.354 e. The van der Waals surface area contributed by atoms with Gasteiger partial charge in [0, 0.05) is 19.5 Å². The Hall–Kier alpha value is -1.08. The monoisotopic (exact) mass is 167 g/mol. The Labute approximate surface area is 69.9 Å². The standard InChI is InChI=1S/C7H9N3S/c1-10(2)7-9-6(3-4-8)5-11-7/h5H,3H2,1-2H3. The van der Waals surface area contributed by atoms with Gasteiger partial charge in [0.05, 0.1) is 18.2 Å². The highest BCUT2D eigenvalue weighted by molar-refractivity contribution is 7.13. The molecule has 0 saturated carbocycles. The Bertz CT molecular complexity index is 271. The number of nitrogens with zero attached hydrogens (tertiary/aromatic N) is 3. The van der Waals surface area contributed by atoms with E-state index in [2.05, 4.69) is 11.1 Å². The van der Waals surface area contributed by atoms with E-state index in [1.54, 1.807) is 11.3 Å². The van der Waals surface area contributed by atoms with Crippen LogP contribution in [0.4, 0.5) is 5.13 Å². The topological polar surface area (TPSA) is 39.9 Å². The molecule has 0 N–H and O–H groups in total. The highest BCUT2D eigenvalue weighted by Gasteiger charge is 2.01. The van der Waals surface area contributed by atoms with Crippen LogP contribution in [0.15, 0.2) is 5.38 Å². The van der Waals surface area contributed by atoms with Gasteiger partial charge < -0.3 is 4.90 Å². The fourth-order valence-corrected chi connectivity index (χ4v) is 1.42. The van der Waals surface area contributed by atoms with Gasteiger partial charge in [-0.3, -0.25) is 0 Å². The molecule has 0 aliphatic heterocycles. The maximum Gasteiger partial charge on any atom is 0.185 e. The number of anilines is 1. The third-order valence-electron chi connectivity index (χ3n) is 1.18. The first kappa shape index (κ1) is 8.02. The molecule has 58 valence electrons. The van der Waals surface area contributed by atoms with Gasteiger partial charge in [0.25, 0.3) is 0 Å². The minimum absolute atomic E-state index is 0.407. The molecule has 3 nitrogen and oxygen atoms in total. The predicted molar refractivity (Wildman–Crippen MR) is 45.8 cm³/mol. The summed E-state index contributed by atoms with van der Waals surface area (Å²) in [5.74, 6) is 0. The molecule has 1 aromatic heterocycles. The zero-order valence-electron chi connectivity index (χ0n) is 6.53. The summed E-state index contributed by atoms with van der Waals surface area (Å²) in [5.41, 5.74) is 0.862. The Morgan fingerprint density at radius 1 is 1.73 bits per heavy atom. The number of rotatable bonds is 2. The first-order valence-corrected chi connectivity index (χ1v) is 4.10. The molecule has 0 amide bonds. The molecule has 0 aliphatic carbocycles. The molecule has 0 saturated heterocycles. The van der Waals surface area contributed by atoms with Crippen molar-refractivity contribution in [3.8, 4) is 6.07 Å². The molecule has 1 aromatic rings. The zero-order chi connectivity index (χ0) is 8.27. The quantitative estimate of drug-likeness (QED) is 0.666. The van der Waals surface area contributed by atoms with E-state index in [4.69, 9.17) is 5.26 Å². The summed E-state index contributed by atoms with van der Waals surface area (Å²) in [4.78, 5) is 6.16. The maximum atomic E-state index is 8.37. The number of nitriles is 1. The van der Waals surface area contributed by atoms with E-state index < -0.39 is 0 Å². The fourth-order valence-electron chi connectivity index (χ4n) is 0.664. The van der Waals surface area contributed by atoms with Crippen LogP contribution < -0.4 is 4.90 Å². The Morgan fingerprint density at radius 2 is 2.45 bits per heavy atom. The van der Waals surface area contributed by atoms with Crippen LogP contribution in [-0.4, -0.2) is 19.1 Å². The van der Waals surface area contributed by atoms with Gasteiger partial charge >= 0.3 is 0 Å². The second-order valence-electron chi connectivity index (χ2n) is 2.35. The molecule has 0 unspecified atom stereocenters. The van der Waals surface area contributed by atoms with Crippen molar-refractivity contribution < 1.29 is 0 Å². The molecule has 0 aromatic carbocycles. The lowest BCUT2D eigenvalue weighted by Crippen LogP contribution is -2.07. The molecule has 1 rings (SSSR count). The summed E-state index contributed by atoms with van der Waals surface area (Å²) in [6, 6.07) is 2.06. The average molecular weight is 167 g/mol. The van der Waals surface area contributed by atoms with E-state index in [0.717, 1.165) is 10.8 Å². The number of hydrogen-bond acceptors (Lipinski definition) is 4. The van der Waals surface area contributed by atoms with Crippen LogP contribution in [0.5, 0.6) is 0 Å². The molecular formula is C7H9N3S. The highest BCUT2D eigenvalue weighted by Crippen LogP contribution is 2.17. The SMILES string of the molecule is CN(C)c1nc(CC#N)cs1. The predicted octanol–water partition coefficient (Wildman–Crippen LogP) is 1.28. The second kappa shape index (κ2) is 3.35. The summed E-state index contributed by atoms with van der Waals surface area (Å²) >= 11 is 1.56. The van der Waals surface area contributed by atoms with Crippen LogP contribution in [0.25, 0.3) is 0 Å². The van der Waals surface area contributed by atoms with E-state index in [9.17, 15) is 0 Å². The number of thiazole rings is 1. The van der Waals surface area contributed by atoms with Crippen molar-refractivity contribution in [2.24, 2.45) is 0 Å². The van der Waals surface area contributed by atoms with E-state index in [-0.39, 0.29) is 0 Å². The van der Waals surface area contributed by atoms with Crippen LogP contribution in [0.1, 0.15) is 5.69 Å². The van der Waals surface area contributed by atoms with Crippen LogP contribution >= 0.6 is 11.3 Å². The maximum absolute atomic E-state index is 8.37. The Morgan fingerprint density at radius 3 is 2.91 bits per heavy atom. The minimum atomic E-state index is 0.407. The van der Waals surface area contributed by atoms with Crippen LogP contribution in [0.2, 0.25) is 0 Å². The summed E-state index contributed by atoms with van der Waals surface area (Å²) < 4.78 is 0. The average Bonchev–Trinajstić information content (AvgIpc) is 2.37. The Balaban J connectivity index is 2.75. The molecule has 0 aliphatic rings. The van der Waals surface area contributed by atoms with Crippen molar-refractivity contribution in [2.75, 3.05) is 19.0 Å². The van der Waals surface area contributed by atoms with E-state index in [1.807, 2.05) is 24.4 Å². The largest absolute Gasteiger partial charge is 0.354 e. The van der Waals surface area contributed by atoms with Crippen LogP contribution in [0.3, 0.4) is 0 Å². The van der Waals surface area contributed by atoms with Gasteiger partial charge in [-0.1, -0.05) is 0 Å². The molecule has 0 radical (unpaired) electrons. The number of aromatic nitrogens is 1. The van der Waals surface area contributed by atoms with Gasteiger partial charge in [-0.15, -0.1) is 11.3 Å². The first-order valence-electron chi connectivity index (χ1n) is 3.22. The van der Waals surface area contributed by atoms with E-state index in [0.29, 0.717) is 6.42 Å². The van der Waals surface area contributed by atoms with Gasteiger partial charge in [-0.2, -0.15) is 5.26 Å². The van der Waals surface area contributed by atoms with Crippen LogP contribution in [0, 0.1) is 11.3 Å². The van der Waals surface area contributed by atoms with Gasteiger partial charge in [-0.05, 0) is 0 Å². The van der Waals surface area contributed by atoms with Gasteiger partial charge in [0.2, 0.25) is 0 Å². The highest BCUT2D eigenvalue weighted by atomic mass is 32.1. The summed E-state index contributed by atoms with van der Waals surface area (Å²) in [7, 11) is 3.88. The smallest absolute Gasteiger partial charge is 0.185 e. The lowest BCUT2D eigenvalue weighted by Gasteiger charge is -2.04. The van der Waals surface area contributed by atoms with Crippen molar-refractivity contribution in [3.05, 3.63) is 11.1 Å². The molecule has 1 heterocycles. The normalized spacial score (nSPS) is 9.18. The van der Waals surface area contributed by atoms with Crippen molar-refractivity contribution in [1.82, 2.24) is 4.98 Å². The number of hydrogen-bond donors (Lipinski definition) is 0. The Kier molecular flexibility index (Phi) is 2.44. The molecule has 0 spiro atoms.